The molecule has 0 N–H and O–H groups in total. The van der Waals surface area contributed by atoms with Crippen molar-refractivity contribution in [2.45, 2.75) is 26.7 Å². The Morgan fingerprint density at radius 1 is 1.30 bits per heavy atom. The molecule has 108 valence electrons. The van der Waals surface area contributed by atoms with Crippen molar-refractivity contribution >= 4 is 27.4 Å². The Hall–Kier alpha value is -1.14. The second-order valence-corrected chi connectivity index (χ2v) is 5.84. The second kappa shape index (κ2) is 5.69. The van der Waals surface area contributed by atoms with Gasteiger partial charge in [0.1, 0.15) is 4.60 Å². The summed E-state index contributed by atoms with van der Waals surface area (Å²) in [5.74, 6) is 0.980. The molecule has 0 aliphatic carbocycles. The Labute approximate surface area is 127 Å². The first-order chi connectivity index (χ1) is 9.70. The molecule has 0 saturated carbocycles. The summed E-state index contributed by atoms with van der Waals surface area (Å²) in [5, 5.41) is 0. The van der Waals surface area contributed by atoms with Crippen LogP contribution in [0.3, 0.4) is 0 Å². The molecule has 1 aliphatic rings. The van der Waals surface area contributed by atoms with Gasteiger partial charge in [0.05, 0.1) is 24.6 Å². The number of fused-ring (bicyclic) bond motifs is 1. The number of hydrogen-bond donors (Lipinski definition) is 0. The van der Waals surface area contributed by atoms with Crippen LogP contribution >= 0.6 is 15.9 Å². The van der Waals surface area contributed by atoms with Gasteiger partial charge in [0.25, 0.3) is 0 Å². The fourth-order valence-corrected chi connectivity index (χ4v) is 2.89. The lowest BCUT2D eigenvalue weighted by atomic mass is 10.2. The third-order valence-corrected chi connectivity index (χ3v) is 4.51. The minimum Gasteiger partial charge on any atom is -0.378 e. The number of imidazole rings is 1. The monoisotopic (exact) mass is 338 g/mol. The number of anilines is 1. The molecule has 0 amide bonds. The van der Waals surface area contributed by atoms with Crippen LogP contribution in [0.25, 0.3) is 5.65 Å². The molecule has 0 radical (unpaired) electrons. The molecule has 0 unspecified atom stereocenters. The summed E-state index contributed by atoms with van der Waals surface area (Å²) in [5.41, 5.74) is 3.03. The molecule has 1 fully saturated rings. The lowest BCUT2D eigenvalue weighted by Crippen LogP contribution is -2.37. The summed E-state index contributed by atoms with van der Waals surface area (Å²) in [7, 11) is 0. The maximum Gasteiger partial charge on any atom is 0.181 e. The predicted molar refractivity (Wildman–Crippen MR) is 82.5 cm³/mol. The third kappa shape index (κ3) is 2.42. The third-order valence-electron chi connectivity index (χ3n) is 3.56. The highest BCUT2D eigenvalue weighted by molar-refractivity contribution is 9.10. The molecule has 0 spiro atoms. The van der Waals surface area contributed by atoms with Gasteiger partial charge in [-0.25, -0.2) is 9.97 Å². The number of rotatable bonds is 3. The molecule has 5 nitrogen and oxygen atoms in total. The van der Waals surface area contributed by atoms with Crippen molar-refractivity contribution in [3.63, 3.8) is 0 Å². The highest BCUT2D eigenvalue weighted by atomic mass is 79.9. The Kier molecular flexibility index (Phi) is 3.94. The quantitative estimate of drug-likeness (QED) is 0.862. The van der Waals surface area contributed by atoms with Crippen LogP contribution in [0.4, 0.5) is 5.82 Å². The summed E-state index contributed by atoms with van der Waals surface area (Å²) in [6, 6.07) is 0. The van der Waals surface area contributed by atoms with Crippen LogP contribution in [0.2, 0.25) is 0 Å². The first kappa shape index (κ1) is 13.8. The SMILES string of the molecule is CCCc1cn2c(Br)c(C)nc2c(N2CCOCC2)n1. The Morgan fingerprint density at radius 2 is 2.05 bits per heavy atom. The van der Waals surface area contributed by atoms with Gasteiger partial charge in [0.2, 0.25) is 0 Å². The van der Waals surface area contributed by atoms with Crippen molar-refractivity contribution in [3.05, 3.63) is 22.2 Å². The fourth-order valence-electron chi connectivity index (χ4n) is 2.53. The van der Waals surface area contributed by atoms with Gasteiger partial charge in [0, 0.05) is 19.3 Å². The molecule has 0 atom stereocenters. The molecule has 1 aliphatic heterocycles. The summed E-state index contributed by atoms with van der Waals surface area (Å²) >= 11 is 3.62. The second-order valence-electron chi connectivity index (χ2n) is 5.09. The lowest BCUT2D eigenvalue weighted by Gasteiger charge is -2.28. The first-order valence-corrected chi connectivity index (χ1v) is 7.86. The highest BCUT2D eigenvalue weighted by Gasteiger charge is 2.20. The summed E-state index contributed by atoms with van der Waals surface area (Å²) < 4.78 is 8.56. The van der Waals surface area contributed by atoms with Crippen molar-refractivity contribution in [2.75, 3.05) is 31.2 Å². The standard InChI is InChI=1S/C14H19BrN4O/c1-3-4-11-9-19-12(15)10(2)16-14(19)13(17-11)18-5-7-20-8-6-18/h9H,3-8H2,1-2H3. The number of ether oxygens (including phenoxy) is 1. The van der Waals surface area contributed by atoms with E-state index in [0.29, 0.717) is 0 Å². The van der Waals surface area contributed by atoms with Gasteiger partial charge in [0.15, 0.2) is 11.5 Å². The van der Waals surface area contributed by atoms with Crippen LogP contribution < -0.4 is 4.90 Å². The fraction of sp³-hybridized carbons (Fsp3) is 0.571. The number of halogens is 1. The zero-order valence-electron chi connectivity index (χ0n) is 11.9. The highest BCUT2D eigenvalue weighted by Crippen LogP contribution is 2.26. The molecular formula is C14H19BrN4O. The number of morpholine rings is 1. The van der Waals surface area contributed by atoms with E-state index in [1.165, 1.54) is 0 Å². The zero-order chi connectivity index (χ0) is 14.1. The number of aromatic nitrogens is 3. The van der Waals surface area contributed by atoms with Crippen molar-refractivity contribution in [2.24, 2.45) is 0 Å². The van der Waals surface area contributed by atoms with Crippen LogP contribution in [0, 0.1) is 6.92 Å². The van der Waals surface area contributed by atoms with Gasteiger partial charge < -0.3 is 9.64 Å². The topological polar surface area (TPSA) is 42.7 Å². The van der Waals surface area contributed by atoms with Gasteiger partial charge >= 0.3 is 0 Å². The maximum atomic E-state index is 5.43. The number of aryl methyl sites for hydroxylation is 2. The molecule has 0 aromatic carbocycles. The van der Waals surface area contributed by atoms with E-state index in [0.717, 1.165) is 66.6 Å². The summed E-state index contributed by atoms with van der Waals surface area (Å²) in [6.07, 6.45) is 4.16. The summed E-state index contributed by atoms with van der Waals surface area (Å²) in [6.45, 7) is 7.46. The number of nitrogens with zero attached hydrogens (tertiary/aromatic N) is 4. The van der Waals surface area contributed by atoms with Crippen LogP contribution in [0.5, 0.6) is 0 Å². The van der Waals surface area contributed by atoms with Gasteiger partial charge in [-0.2, -0.15) is 0 Å². The van der Waals surface area contributed by atoms with E-state index in [1.54, 1.807) is 0 Å². The Bertz CT molecular complexity index is 619. The molecule has 0 bridgehead atoms. The van der Waals surface area contributed by atoms with Crippen molar-refractivity contribution < 1.29 is 4.74 Å². The maximum absolute atomic E-state index is 5.43. The van der Waals surface area contributed by atoms with E-state index < -0.39 is 0 Å². The van der Waals surface area contributed by atoms with Crippen LogP contribution in [-0.2, 0) is 11.2 Å². The largest absolute Gasteiger partial charge is 0.378 e. The van der Waals surface area contributed by atoms with Gasteiger partial charge in [-0.3, -0.25) is 4.40 Å². The van der Waals surface area contributed by atoms with Gasteiger partial charge in [-0.05, 0) is 29.3 Å². The molecule has 3 heterocycles. The molecule has 2 aromatic heterocycles. The van der Waals surface area contributed by atoms with E-state index in [-0.39, 0.29) is 0 Å². The van der Waals surface area contributed by atoms with E-state index in [9.17, 15) is 0 Å². The molecular weight excluding hydrogens is 320 g/mol. The average molecular weight is 339 g/mol. The molecule has 1 saturated heterocycles. The van der Waals surface area contributed by atoms with Gasteiger partial charge in [-0.15, -0.1) is 0 Å². The molecule has 6 heteroatoms. The Balaban J connectivity index is 2.14. The summed E-state index contributed by atoms with van der Waals surface area (Å²) in [4.78, 5) is 11.8. The number of hydrogen-bond acceptors (Lipinski definition) is 4. The lowest BCUT2D eigenvalue weighted by molar-refractivity contribution is 0.122. The van der Waals surface area contributed by atoms with E-state index in [2.05, 4.69) is 43.3 Å². The van der Waals surface area contributed by atoms with Crippen molar-refractivity contribution in [1.82, 2.24) is 14.4 Å². The van der Waals surface area contributed by atoms with Crippen LogP contribution in [0.1, 0.15) is 24.7 Å². The first-order valence-electron chi connectivity index (χ1n) is 7.07. The van der Waals surface area contributed by atoms with Crippen molar-refractivity contribution in [3.8, 4) is 0 Å². The smallest absolute Gasteiger partial charge is 0.181 e. The van der Waals surface area contributed by atoms with E-state index in [1.807, 2.05) is 6.92 Å². The predicted octanol–water partition coefficient (Wildman–Crippen LogP) is 2.59. The molecule has 20 heavy (non-hydrogen) atoms. The minimum absolute atomic E-state index is 0.757. The zero-order valence-corrected chi connectivity index (χ0v) is 13.5. The normalized spacial score (nSPS) is 16.1. The van der Waals surface area contributed by atoms with Crippen LogP contribution in [0.15, 0.2) is 10.8 Å². The van der Waals surface area contributed by atoms with Gasteiger partial charge in [-0.1, -0.05) is 13.3 Å². The molecule has 3 rings (SSSR count). The Morgan fingerprint density at radius 3 is 2.75 bits per heavy atom. The van der Waals surface area contributed by atoms with Crippen molar-refractivity contribution in [1.29, 1.82) is 0 Å². The van der Waals surface area contributed by atoms with E-state index >= 15 is 0 Å². The van der Waals surface area contributed by atoms with Crippen LogP contribution in [-0.4, -0.2) is 40.7 Å². The molecule has 2 aromatic rings. The minimum atomic E-state index is 0.757. The average Bonchev–Trinajstić information content (AvgIpc) is 2.76. The van der Waals surface area contributed by atoms with E-state index in [4.69, 9.17) is 9.72 Å².